The molecule has 1 rings (SSSR count). The Labute approximate surface area is 162 Å². The number of hydrogen-bond donors (Lipinski definition) is 3. The van der Waals surface area contributed by atoms with Crippen LogP contribution in [0.5, 0.6) is 0 Å². The highest BCUT2D eigenvalue weighted by molar-refractivity contribution is 6.74. The Morgan fingerprint density at radius 3 is 2.00 bits per heavy atom. The molecule has 3 atom stereocenters. The van der Waals surface area contributed by atoms with Crippen molar-refractivity contribution in [3.8, 4) is 0 Å². The van der Waals surface area contributed by atoms with Crippen molar-refractivity contribution in [2.45, 2.75) is 102 Å². The molecule has 0 unspecified atom stereocenters. The molecule has 0 amide bonds. The van der Waals surface area contributed by atoms with E-state index in [0.717, 1.165) is 12.0 Å². The Hall–Kier alpha value is 0.0138. The quantitative estimate of drug-likeness (QED) is 0.454. The van der Waals surface area contributed by atoms with Gasteiger partial charge in [-0.05, 0) is 60.6 Å². The summed E-state index contributed by atoms with van der Waals surface area (Å²) in [6, 6.07) is 0. The van der Waals surface area contributed by atoms with Crippen LogP contribution in [0.2, 0.25) is 36.3 Å². The van der Waals surface area contributed by atoms with E-state index in [1.807, 2.05) is 13.1 Å². The Morgan fingerprint density at radius 1 is 1.12 bits per heavy atom. The van der Waals surface area contributed by atoms with Crippen molar-refractivity contribution in [2.24, 2.45) is 5.92 Å². The van der Waals surface area contributed by atoms with E-state index in [4.69, 9.17) is 4.43 Å². The normalized spacial score (nSPS) is 29.2. The standard InChI is InChI=1S/C20H42O4Si2/c1-15-16(11-19(5,6)25(7,8)23)12-20(22,14-21)13-17(15)24-26(9,10)18(2,3)4/h16-17,21-23H,1,11-14H2,2-10H3/t16-,17-,20+/m1/s1. The third kappa shape index (κ3) is 5.29. The highest BCUT2D eigenvalue weighted by Gasteiger charge is 2.49. The lowest BCUT2D eigenvalue weighted by Crippen LogP contribution is -2.52. The first-order valence-electron chi connectivity index (χ1n) is 9.77. The number of aliphatic hydroxyl groups excluding tert-OH is 1. The number of rotatable bonds is 6. The van der Waals surface area contributed by atoms with Crippen molar-refractivity contribution in [1.29, 1.82) is 0 Å². The Balaban J connectivity index is 3.13. The van der Waals surface area contributed by atoms with E-state index in [0.29, 0.717) is 12.8 Å². The van der Waals surface area contributed by atoms with Gasteiger partial charge in [-0.2, -0.15) is 0 Å². The van der Waals surface area contributed by atoms with Gasteiger partial charge >= 0.3 is 0 Å². The first-order chi connectivity index (χ1) is 11.4. The lowest BCUT2D eigenvalue weighted by atomic mass is 9.71. The fourth-order valence-electron chi connectivity index (χ4n) is 3.26. The van der Waals surface area contributed by atoms with Crippen LogP contribution in [0.3, 0.4) is 0 Å². The van der Waals surface area contributed by atoms with E-state index in [1.54, 1.807) is 0 Å². The lowest BCUT2D eigenvalue weighted by Gasteiger charge is -2.49. The van der Waals surface area contributed by atoms with E-state index >= 15 is 0 Å². The Morgan fingerprint density at radius 2 is 1.62 bits per heavy atom. The van der Waals surface area contributed by atoms with Crippen LogP contribution >= 0.6 is 0 Å². The van der Waals surface area contributed by atoms with Gasteiger partial charge in [0.25, 0.3) is 0 Å². The van der Waals surface area contributed by atoms with Gasteiger partial charge in [-0.3, -0.25) is 0 Å². The highest BCUT2D eigenvalue weighted by Crippen LogP contribution is 2.49. The fourth-order valence-corrected chi connectivity index (χ4v) is 5.31. The van der Waals surface area contributed by atoms with Crippen LogP contribution in [0.4, 0.5) is 0 Å². The molecule has 0 aromatic heterocycles. The summed E-state index contributed by atoms with van der Waals surface area (Å²) in [6.07, 6.45) is 1.38. The van der Waals surface area contributed by atoms with Gasteiger partial charge in [-0.1, -0.05) is 41.2 Å². The average molecular weight is 403 g/mol. The first-order valence-corrected chi connectivity index (χ1v) is 15.6. The monoisotopic (exact) mass is 402 g/mol. The van der Waals surface area contributed by atoms with Gasteiger partial charge in [-0.25, -0.2) is 0 Å². The summed E-state index contributed by atoms with van der Waals surface area (Å²) in [5.74, 6) is 0.0320. The second kappa shape index (κ2) is 7.45. The molecule has 0 radical (unpaired) electrons. The molecule has 3 N–H and O–H groups in total. The predicted molar refractivity (Wildman–Crippen MR) is 114 cm³/mol. The second-order valence-electron chi connectivity index (χ2n) is 11.1. The van der Waals surface area contributed by atoms with E-state index in [1.165, 1.54) is 0 Å². The van der Waals surface area contributed by atoms with Crippen LogP contribution in [0.15, 0.2) is 12.2 Å². The maximum absolute atomic E-state index is 10.9. The molecular formula is C20H42O4Si2. The zero-order chi connectivity index (χ0) is 20.8. The van der Waals surface area contributed by atoms with Crippen LogP contribution in [-0.4, -0.2) is 50.0 Å². The predicted octanol–water partition coefficient (Wildman–Crippen LogP) is 4.43. The minimum Gasteiger partial charge on any atom is -0.432 e. The molecule has 1 saturated carbocycles. The molecule has 0 aromatic carbocycles. The van der Waals surface area contributed by atoms with Crippen LogP contribution in [0.25, 0.3) is 0 Å². The molecular weight excluding hydrogens is 360 g/mol. The summed E-state index contributed by atoms with van der Waals surface area (Å²) in [4.78, 5) is 10.7. The molecule has 26 heavy (non-hydrogen) atoms. The summed E-state index contributed by atoms with van der Waals surface area (Å²) >= 11 is 0. The number of aliphatic hydroxyl groups is 2. The summed E-state index contributed by atoms with van der Waals surface area (Å²) in [6.45, 7) is 23.2. The maximum atomic E-state index is 10.9. The van der Waals surface area contributed by atoms with Crippen molar-refractivity contribution in [1.82, 2.24) is 0 Å². The Kier molecular flexibility index (Phi) is 6.89. The lowest BCUT2D eigenvalue weighted by molar-refractivity contribution is -0.0742. The minimum atomic E-state index is -2.37. The van der Waals surface area contributed by atoms with E-state index in [9.17, 15) is 15.0 Å². The number of hydrogen-bond acceptors (Lipinski definition) is 4. The third-order valence-corrected chi connectivity index (χ3v) is 15.1. The van der Waals surface area contributed by atoms with Crippen molar-refractivity contribution >= 4 is 16.6 Å². The summed E-state index contributed by atoms with van der Waals surface area (Å²) in [5, 5.41) is 20.6. The largest absolute Gasteiger partial charge is 0.432 e. The highest BCUT2D eigenvalue weighted by atomic mass is 28.4. The van der Waals surface area contributed by atoms with Crippen molar-refractivity contribution < 1.29 is 19.4 Å². The van der Waals surface area contributed by atoms with Gasteiger partial charge in [0, 0.05) is 6.42 Å². The van der Waals surface area contributed by atoms with Crippen LogP contribution < -0.4 is 0 Å². The van der Waals surface area contributed by atoms with Crippen LogP contribution in [0.1, 0.15) is 53.9 Å². The van der Waals surface area contributed by atoms with Gasteiger partial charge in [0.2, 0.25) is 0 Å². The fraction of sp³-hybridized carbons (Fsp3) is 0.900. The molecule has 0 bridgehead atoms. The van der Waals surface area contributed by atoms with Gasteiger partial charge < -0.3 is 19.4 Å². The van der Waals surface area contributed by atoms with Gasteiger partial charge in [0.1, 0.15) is 0 Å². The molecule has 4 nitrogen and oxygen atoms in total. The van der Waals surface area contributed by atoms with Crippen LogP contribution in [0, 0.1) is 5.92 Å². The average Bonchev–Trinajstić information content (AvgIpc) is 2.41. The van der Waals surface area contributed by atoms with Gasteiger partial charge in [0.15, 0.2) is 16.6 Å². The molecule has 154 valence electrons. The first kappa shape index (κ1) is 24.1. The zero-order valence-corrected chi connectivity index (χ0v) is 20.4. The topological polar surface area (TPSA) is 69.9 Å². The zero-order valence-electron chi connectivity index (χ0n) is 18.4. The van der Waals surface area contributed by atoms with E-state index in [-0.39, 0.29) is 28.7 Å². The SMILES string of the molecule is C=C1[C@H](CC(C)(C)[Si](C)(C)O)C[C@@](O)(CO)C[C@H]1O[Si](C)(C)C(C)(C)C. The molecule has 1 aliphatic rings. The maximum Gasteiger partial charge on any atom is 0.192 e. The molecule has 0 spiro atoms. The van der Waals surface area contributed by atoms with E-state index in [2.05, 4.69) is 54.3 Å². The molecule has 0 saturated heterocycles. The Bertz CT molecular complexity index is 475. The summed E-state index contributed by atoms with van der Waals surface area (Å²) in [5.41, 5.74) is -0.130. The van der Waals surface area contributed by atoms with Gasteiger partial charge in [-0.15, -0.1) is 0 Å². The van der Waals surface area contributed by atoms with Crippen molar-refractivity contribution in [3.05, 3.63) is 12.2 Å². The molecule has 1 aliphatic carbocycles. The van der Waals surface area contributed by atoms with Gasteiger partial charge in [0.05, 0.1) is 18.3 Å². The molecule has 1 fully saturated rings. The second-order valence-corrected chi connectivity index (χ2v) is 20.3. The minimum absolute atomic E-state index is 0.0320. The molecule has 0 heterocycles. The van der Waals surface area contributed by atoms with E-state index < -0.39 is 22.2 Å². The molecule has 0 aromatic rings. The summed E-state index contributed by atoms with van der Waals surface area (Å²) in [7, 11) is -4.40. The van der Waals surface area contributed by atoms with Crippen LogP contribution in [-0.2, 0) is 4.43 Å². The smallest absolute Gasteiger partial charge is 0.192 e. The van der Waals surface area contributed by atoms with Crippen molar-refractivity contribution in [2.75, 3.05) is 6.61 Å². The molecule has 6 heteroatoms. The molecule has 0 aliphatic heterocycles. The van der Waals surface area contributed by atoms with Crippen molar-refractivity contribution in [3.63, 3.8) is 0 Å². The summed E-state index contributed by atoms with van der Waals surface area (Å²) < 4.78 is 6.60. The third-order valence-electron chi connectivity index (χ3n) is 7.08.